The molecule has 0 unspecified atom stereocenters. The van der Waals surface area contributed by atoms with Crippen LogP contribution in [0, 0.1) is 10.1 Å². The Labute approximate surface area is 137 Å². The molecule has 0 aliphatic carbocycles. The number of carbonyl (C=O) groups excluding carboxylic acids is 1. The fourth-order valence-corrected chi connectivity index (χ4v) is 4.53. The number of hydrogen-bond donors (Lipinski definition) is 0. The van der Waals surface area contributed by atoms with Gasteiger partial charge in [-0.2, -0.15) is 0 Å². The number of carbonyl (C=O) groups is 1. The molecule has 0 aliphatic heterocycles. The third-order valence-corrected chi connectivity index (χ3v) is 5.81. The van der Waals surface area contributed by atoms with Crippen molar-refractivity contribution in [1.29, 1.82) is 0 Å². The zero-order valence-electron chi connectivity index (χ0n) is 12.4. The van der Waals surface area contributed by atoms with Crippen LogP contribution in [0.1, 0.15) is 19.4 Å². The summed E-state index contributed by atoms with van der Waals surface area (Å²) in [5.41, 5.74) is 1.48. The summed E-state index contributed by atoms with van der Waals surface area (Å²) < 4.78 is 2.31. The van der Waals surface area contributed by atoms with Crippen molar-refractivity contribution >= 4 is 51.2 Å². The minimum absolute atomic E-state index is 0.0862. The molecular weight excluding hydrogens is 363 g/mol. The van der Waals surface area contributed by atoms with E-state index in [9.17, 15) is 14.9 Å². The Bertz CT molecular complexity index is 975. The number of hydrogen-bond acceptors (Lipinski definition) is 5. The second-order valence-electron chi connectivity index (χ2n) is 5.01. The van der Waals surface area contributed by atoms with E-state index in [-0.39, 0.29) is 25.1 Å². The monoisotopic (exact) mass is 376 g/mol. The molecule has 0 amide bonds. The van der Waals surface area contributed by atoms with Crippen LogP contribution in [0.2, 0.25) is 0 Å². The molecule has 6 nitrogen and oxygen atoms in total. The molecule has 7 heteroatoms. The van der Waals surface area contributed by atoms with Crippen LogP contribution >= 0.6 is 0 Å². The second-order valence-corrected chi connectivity index (χ2v) is 7.28. The normalized spacial score (nSPS) is 11.8. The zero-order valence-corrected chi connectivity index (χ0v) is 14.1. The van der Waals surface area contributed by atoms with Gasteiger partial charge in [0.1, 0.15) is 0 Å². The SMILES string of the molecule is CC(=O)O/N=C(\C)c1ccc2[se]c3ccc([N+](=O)[O-])cc3c2c1. The maximum absolute atomic E-state index is 11.0. The van der Waals surface area contributed by atoms with Gasteiger partial charge in [0.05, 0.1) is 0 Å². The van der Waals surface area contributed by atoms with Gasteiger partial charge in [-0.05, 0) is 0 Å². The quantitative estimate of drug-likeness (QED) is 0.231. The number of non-ortho nitro benzene ring substituents is 1. The molecule has 23 heavy (non-hydrogen) atoms. The molecule has 0 spiro atoms. The van der Waals surface area contributed by atoms with E-state index in [4.69, 9.17) is 0 Å². The van der Waals surface area contributed by atoms with Crippen molar-refractivity contribution in [3.63, 3.8) is 0 Å². The van der Waals surface area contributed by atoms with Crippen LogP contribution in [0.25, 0.3) is 19.3 Å². The molecule has 0 bridgehead atoms. The van der Waals surface area contributed by atoms with E-state index < -0.39 is 5.97 Å². The van der Waals surface area contributed by atoms with Crippen LogP contribution in [0.15, 0.2) is 41.6 Å². The first-order valence-electron chi connectivity index (χ1n) is 6.79. The number of nitro groups is 1. The molecule has 116 valence electrons. The van der Waals surface area contributed by atoms with Gasteiger partial charge in [0.15, 0.2) is 0 Å². The van der Waals surface area contributed by atoms with Crippen molar-refractivity contribution < 1.29 is 14.6 Å². The standard InChI is InChI=1S/C16H12N2O4Se/c1-9(17-22-10(2)19)11-3-5-15-13(7-11)14-8-12(18(20)21)4-6-16(14)23-15/h3-8H,1-2H3/b17-9+. The maximum atomic E-state index is 11.0. The van der Waals surface area contributed by atoms with E-state index in [1.165, 1.54) is 11.2 Å². The summed E-state index contributed by atoms with van der Waals surface area (Å²) in [5.74, 6) is -0.477. The molecule has 0 fully saturated rings. The van der Waals surface area contributed by atoms with Crippen molar-refractivity contribution in [2.45, 2.75) is 13.8 Å². The van der Waals surface area contributed by atoms with E-state index in [1.54, 1.807) is 19.1 Å². The summed E-state index contributed by atoms with van der Waals surface area (Å²) in [7, 11) is 0. The van der Waals surface area contributed by atoms with Crippen LogP contribution in [0.5, 0.6) is 0 Å². The molecule has 3 rings (SSSR count). The topological polar surface area (TPSA) is 81.8 Å². The van der Waals surface area contributed by atoms with Crippen LogP contribution < -0.4 is 0 Å². The molecule has 0 saturated carbocycles. The third kappa shape index (κ3) is 3.02. The number of nitrogens with zero attached hydrogens (tertiary/aromatic N) is 2. The van der Waals surface area contributed by atoms with Gasteiger partial charge in [0.25, 0.3) is 0 Å². The van der Waals surface area contributed by atoms with Gasteiger partial charge in [-0.25, -0.2) is 0 Å². The van der Waals surface area contributed by atoms with Crippen molar-refractivity contribution in [3.8, 4) is 0 Å². The summed E-state index contributed by atoms with van der Waals surface area (Å²) in [6, 6.07) is 10.8. The van der Waals surface area contributed by atoms with Gasteiger partial charge in [0, 0.05) is 0 Å². The molecule has 2 aromatic carbocycles. The summed E-state index contributed by atoms with van der Waals surface area (Å²) in [6.45, 7) is 3.04. The predicted molar refractivity (Wildman–Crippen MR) is 89.0 cm³/mol. The Morgan fingerprint density at radius 3 is 2.43 bits per heavy atom. The van der Waals surface area contributed by atoms with Crippen LogP contribution in [0.4, 0.5) is 5.69 Å². The zero-order chi connectivity index (χ0) is 16.6. The van der Waals surface area contributed by atoms with Crippen LogP contribution in [0.3, 0.4) is 0 Å². The van der Waals surface area contributed by atoms with Gasteiger partial charge < -0.3 is 0 Å². The van der Waals surface area contributed by atoms with Gasteiger partial charge in [-0.1, -0.05) is 0 Å². The Kier molecular flexibility index (Phi) is 3.98. The summed E-state index contributed by atoms with van der Waals surface area (Å²) in [6.07, 6.45) is 0. The van der Waals surface area contributed by atoms with Crippen molar-refractivity contribution in [1.82, 2.24) is 0 Å². The Morgan fingerprint density at radius 1 is 1.13 bits per heavy atom. The first-order valence-corrected chi connectivity index (χ1v) is 8.50. The molecule has 0 saturated heterocycles. The molecule has 0 N–H and O–H groups in total. The Balaban J connectivity index is 2.15. The summed E-state index contributed by atoms with van der Waals surface area (Å²) >= 11 is 0.138. The van der Waals surface area contributed by atoms with E-state index in [0.717, 1.165) is 20.6 Å². The molecule has 0 aliphatic rings. The van der Waals surface area contributed by atoms with Crippen LogP contribution in [-0.4, -0.2) is 31.1 Å². The molecule has 1 aromatic heterocycles. The number of fused-ring (bicyclic) bond motifs is 3. The molecule has 3 aromatic rings. The fourth-order valence-electron chi connectivity index (χ4n) is 2.29. The van der Waals surface area contributed by atoms with Crippen molar-refractivity contribution in [2.75, 3.05) is 0 Å². The first-order chi connectivity index (χ1) is 11.0. The van der Waals surface area contributed by atoms with E-state index in [2.05, 4.69) is 9.99 Å². The van der Waals surface area contributed by atoms with Gasteiger partial charge in [-0.15, -0.1) is 0 Å². The van der Waals surface area contributed by atoms with Gasteiger partial charge in [0.2, 0.25) is 0 Å². The summed E-state index contributed by atoms with van der Waals surface area (Å²) in [5, 5.41) is 16.6. The van der Waals surface area contributed by atoms with Crippen LogP contribution in [-0.2, 0) is 9.63 Å². The number of rotatable bonds is 3. The first kappa shape index (κ1) is 15.4. The number of nitro benzene ring substituents is 1. The number of benzene rings is 2. The van der Waals surface area contributed by atoms with Crippen molar-refractivity contribution in [3.05, 3.63) is 52.1 Å². The van der Waals surface area contributed by atoms with E-state index in [0.29, 0.717) is 5.71 Å². The van der Waals surface area contributed by atoms with Crippen molar-refractivity contribution in [2.24, 2.45) is 5.16 Å². The minimum atomic E-state index is -0.477. The Hall–Kier alpha value is -2.50. The average molecular weight is 375 g/mol. The average Bonchev–Trinajstić information content (AvgIpc) is 2.89. The second kappa shape index (κ2) is 5.95. The van der Waals surface area contributed by atoms with Gasteiger partial charge >= 0.3 is 137 Å². The third-order valence-electron chi connectivity index (χ3n) is 3.39. The molecule has 1 heterocycles. The summed E-state index contributed by atoms with van der Waals surface area (Å²) in [4.78, 5) is 26.1. The predicted octanol–water partition coefficient (Wildman–Crippen LogP) is 3.25. The molecular formula is C16H12N2O4Se. The Morgan fingerprint density at radius 2 is 1.78 bits per heavy atom. The van der Waals surface area contributed by atoms with E-state index in [1.807, 2.05) is 24.3 Å². The molecule has 0 radical (unpaired) electrons. The number of oxime groups is 1. The van der Waals surface area contributed by atoms with E-state index >= 15 is 0 Å². The molecule has 0 atom stereocenters. The fraction of sp³-hybridized carbons (Fsp3) is 0.125. The van der Waals surface area contributed by atoms with Gasteiger partial charge in [-0.3, -0.25) is 0 Å².